The van der Waals surface area contributed by atoms with Gasteiger partial charge in [-0.25, -0.2) is 8.42 Å². The van der Waals surface area contributed by atoms with E-state index in [1.807, 2.05) is 56.3 Å². The van der Waals surface area contributed by atoms with Crippen molar-refractivity contribution in [3.8, 4) is 0 Å². The Kier molecular flexibility index (Phi) is 4.52. The molecule has 0 aromatic heterocycles. The van der Waals surface area contributed by atoms with E-state index in [2.05, 4.69) is 24.3 Å². The Morgan fingerprint density at radius 1 is 0.963 bits per heavy atom. The van der Waals surface area contributed by atoms with Crippen LogP contribution < -0.4 is 0 Å². The Morgan fingerprint density at radius 3 is 2.33 bits per heavy atom. The van der Waals surface area contributed by atoms with Gasteiger partial charge in [-0.3, -0.25) is 4.31 Å². The van der Waals surface area contributed by atoms with Crippen LogP contribution in [0.5, 0.6) is 0 Å². The van der Waals surface area contributed by atoms with E-state index in [0.717, 1.165) is 5.56 Å². The Bertz CT molecular complexity index is 1020. The van der Waals surface area contributed by atoms with Crippen LogP contribution in [0.25, 0.3) is 0 Å². The number of allylic oxidation sites excluding steroid dienone is 3. The van der Waals surface area contributed by atoms with Crippen molar-refractivity contribution in [2.24, 2.45) is 5.92 Å². The van der Waals surface area contributed by atoms with Crippen molar-refractivity contribution < 1.29 is 8.42 Å². The largest absolute Gasteiger partial charge is 0.266 e. The zero-order chi connectivity index (χ0) is 19.0. The fourth-order valence-electron chi connectivity index (χ4n) is 4.05. The fourth-order valence-corrected chi connectivity index (χ4v) is 5.53. The van der Waals surface area contributed by atoms with Gasteiger partial charge in [0.05, 0.1) is 10.9 Å². The smallest absolute Gasteiger partial charge is 0.264 e. The molecule has 27 heavy (non-hydrogen) atoms. The summed E-state index contributed by atoms with van der Waals surface area (Å²) in [5.41, 5.74) is 3.43. The Balaban J connectivity index is 1.78. The number of rotatable bonds is 3. The lowest BCUT2D eigenvalue weighted by Crippen LogP contribution is -2.43. The molecule has 4 rings (SSSR count). The van der Waals surface area contributed by atoms with Crippen LogP contribution in [0.15, 0.2) is 95.6 Å². The van der Waals surface area contributed by atoms with Gasteiger partial charge in [0.15, 0.2) is 0 Å². The number of hydrogen-bond acceptors (Lipinski definition) is 2. The van der Waals surface area contributed by atoms with Crippen LogP contribution in [0.1, 0.15) is 24.0 Å². The summed E-state index contributed by atoms with van der Waals surface area (Å²) in [6.45, 7) is 3.97. The first-order valence-electron chi connectivity index (χ1n) is 9.20. The molecule has 1 aliphatic carbocycles. The van der Waals surface area contributed by atoms with Gasteiger partial charge in [-0.05, 0) is 37.1 Å². The van der Waals surface area contributed by atoms with E-state index in [1.54, 1.807) is 18.3 Å². The van der Waals surface area contributed by atoms with Crippen molar-refractivity contribution in [1.82, 2.24) is 4.31 Å². The summed E-state index contributed by atoms with van der Waals surface area (Å²) < 4.78 is 28.1. The fraction of sp³-hybridized carbons (Fsp3) is 0.217. The monoisotopic (exact) mass is 377 g/mol. The number of nitrogens with zero attached hydrogens (tertiary/aromatic N) is 1. The molecule has 0 amide bonds. The second-order valence-electron chi connectivity index (χ2n) is 7.09. The lowest BCUT2D eigenvalue weighted by atomic mass is 9.78. The van der Waals surface area contributed by atoms with E-state index in [1.165, 1.54) is 15.4 Å². The van der Waals surface area contributed by atoms with Gasteiger partial charge in [-0.1, -0.05) is 72.3 Å². The summed E-state index contributed by atoms with van der Waals surface area (Å²) in [4.78, 5) is 0.331. The third kappa shape index (κ3) is 3.04. The molecule has 0 N–H and O–H groups in total. The molecular formula is C23H23NO2S. The average Bonchev–Trinajstić information content (AvgIpc) is 3.12. The molecule has 0 saturated carbocycles. The Morgan fingerprint density at radius 2 is 1.67 bits per heavy atom. The third-order valence-electron chi connectivity index (χ3n) is 5.47. The normalized spacial score (nSPS) is 25.8. The molecule has 1 aliphatic heterocycles. The summed E-state index contributed by atoms with van der Waals surface area (Å²) >= 11 is 0. The summed E-state index contributed by atoms with van der Waals surface area (Å²) in [6.07, 6.45) is 9.95. The minimum atomic E-state index is -3.60. The van der Waals surface area contributed by atoms with Crippen molar-refractivity contribution in [3.05, 3.63) is 102 Å². The number of aryl methyl sites for hydroxylation is 1. The highest BCUT2D eigenvalue weighted by molar-refractivity contribution is 7.89. The van der Waals surface area contributed by atoms with Crippen LogP contribution in [-0.2, 0) is 10.0 Å². The van der Waals surface area contributed by atoms with Crippen molar-refractivity contribution >= 4 is 10.0 Å². The van der Waals surface area contributed by atoms with Gasteiger partial charge in [0, 0.05) is 18.0 Å². The van der Waals surface area contributed by atoms with Crippen molar-refractivity contribution in [2.45, 2.75) is 30.7 Å². The molecule has 4 heteroatoms. The molecule has 0 radical (unpaired) electrons. The van der Waals surface area contributed by atoms with Crippen LogP contribution >= 0.6 is 0 Å². The first kappa shape index (κ1) is 17.8. The first-order valence-corrected chi connectivity index (χ1v) is 10.6. The van der Waals surface area contributed by atoms with Gasteiger partial charge in [0.2, 0.25) is 0 Å². The second kappa shape index (κ2) is 6.86. The van der Waals surface area contributed by atoms with Gasteiger partial charge in [-0.15, -0.1) is 0 Å². The molecule has 0 unspecified atom stereocenters. The van der Waals surface area contributed by atoms with Crippen LogP contribution in [0.3, 0.4) is 0 Å². The zero-order valence-electron chi connectivity index (χ0n) is 15.5. The minimum Gasteiger partial charge on any atom is -0.266 e. The number of benzene rings is 2. The molecule has 0 spiro atoms. The van der Waals surface area contributed by atoms with Crippen LogP contribution in [0.4, 0.5) is 0 Å². The Labute approximate surface area is 161 Å². The molecule has 3 nitrogen and oxygen atoms in total. The molecule has 0 bridgehead atoms. The van der Waals surface area contributed by atoms with Crippen LogP contribution in [0, 0.1) is 12.8 Å². The van der Waals surface area contributed by atoms with E-state index in [0.29, 0.717) is 4.90 Å². The van der Waals surface area contributed by atoms with Crippen molar-refractivity contribution in [2.75, 3.05) is 0 Å². The lowest BCUT2D eigenvalue weighted by molar-refractivity contribution is 0.340. The second-order valence-corrected chi connectivity index (χ2v) is 8.93. The van der Waals surface area contributed by atoms with Crippen molar-refractivity contribution in [1.29, 1.82) is 0 Å². The van der Waals surface area contributed by atoms with Crippen molar-refractivity contribution in [3.63, 3.8) is 0 Å². The van der Waals surface area contributed by atoms with Gasteiger partial charge in [-0.2, -0.15) is 0 Å². The average molecular weight is 378 g/mol. The quantitative estimate of drug-likeness (QED) is 0.771. The van der Waals surface area contributed by atoms with Gasteiger partial charge in [0.1, 0.15) is 0 Å². The number of hydrogen-bond donors (Lipinski definition) is 0. The summed E-state index contributed by atoms with van der Waals surface area (Å²) in [6, 6.07) is 17.1. The van der Waals surface area contributed by atoms with Gasteiger partial charge in [0.25, 0.3) is 10.0 Å². The SMILES string of the molecule is C/C=C1\C=C[C@@H]2[C@H]1[C@H](c1ccccc1)C=CN2S(=O)(=O)c1ccc(C)cc1. The molecule has 0 fully saturated rings. The van der Waals surface area contributed by atoms with Gasteiger partial charge < -0.3 is 0 Å². The molecule has 2 aromatic rings. The van der Waals surface area contributed by atoms with E-state index in [9.17, 15) is 8.42 Å². The number of fused-ring (bicyclic) bond motifs is 1. The standard InChI is InChI=1S/C23H23NO2S/c1-3-18-11-14-22-23(18)21(19-7-5-4-6-8-19)15-16-24(22)27(25,26)20-12-9-17(2)10-13-20/h3-16,21-23H,1-2H3/b18-3+/t21-,22+,23+/m0/s1. The zero-order valence-corrected chi connectivity index (χ0v) is 16.3. The molecule has 2 aromatic carbocycles. The first-order chi connectivity index (χ1) is 13.0. The van der Waals surface area contributed by atoms with Crippen LogP contribution in [0.2, 0.25) is 0 Å². The highest BCUT2D eigenvalue weighted by Gasteiger charge is 2.43. The molecule has 0 saturated heterocycles. The predicted molar refractivity (Wildman–Crippen MR) is 109 cm³/mol. The van der Waals surface area contributed by atoms with E-state index >= 15 is 0 Å². The maximum Gasteiger partial charge on any atom is 0.264 e. The maximum atomic E-state index is 13.3. The summed E-state index contributed by atoms with van der Waals surface area (Å²) in [5.74, 6) is 0.240. The summed E-state index contributed by atoms with van der Waals surface area (Å²) in [7, 11) is -3.60. The highest BCUT2D eigenvalue weighted by Crippen LogP contribution is 2.45. The highest BCUT2D eigenvalue weighted by atomic mass is 32.2. The maximum absolute atomic E-state index is 13.3. The molecule has 1 heterocycles. The lowest BCUT2D eigenvalue weighted by Gasteiger charge is -2.39. The van der Waals surface area contributed by atoms with Crippen LogP contribution in [-0.4, -0.2) is 18.8 Å². The number of sulfonamides is 1. The van der Waals surface area contributed by atoms with E-state index in [-0.39, 0.29) is 17.9 Å². The predicted octanol–water partition coefficient (Wildman–Crippen LogP) is 4.80. The van der Waals surface area contributed by atoms with Gasteiger partial charge >= 0.3 is 0 Å². The van der Waals surface area contributed by atoms with E-state index < -0.39 is 10.0 Å². The summed E-state index contributed by atoms with van der Waals surface area (Å²) in [5, 5.41) is 0. The minimum absolute atomic E-state index is 0.0858. The van der Waals surface area contributed by atoms with E-state index in [4.69, 9.17) is 0 Å². The molecule has 138 valence electrons. The molecular weight excluding hydrogens is 354 g/mol. The third-order valence-corrected chi connectivity index (χ3v) is 7.26. The topological polar surface area (TPSA) is 37.4 Å². The Hall–Kier alpha value is -2.59. The molecule has 3 atom stereocenters. The molecule has 2 aliphatic rings.